The van der Waals surface area contributed by atoms with Crippen LogP contribution in [-0.4, -0.2) is 24.8 Å². The molecule has 0 saturated carbocycles. The van der Waals surface area contributed by atoms with Crippen LogP contribution < -0.4 is 0 Å². The van der Waals surface area contributed by atoms with Gasteiger partial charge in [-0.1, -0.05) is 110 Å². The normalized spacial score (nSPS) is 13.9. The topological polar surface area (TPSA) is 23.1 Å². The van der Waals surface area contributed by atoms with Gasteiger partial charge in [-0.05, 0) is 19.3 Å². The third kappa shape index (κ3) is 20.1. The highest BCUT2D eigenvalue weighted by molar-refractivity contribution is 4.50. The van der Waals surface area contributed by atoms with Gasteiger partial charge >= 0.3 is 0 Å². The van der Waals surface area contributed by atoms with Crippen LogP contribution in [0.4, 0.5) is 0 Å². The molecule has 0 aliphatic carbocycles. The smallest absolute Gasteiger partial charge is 0.0781 e. The lowest BCUT2D eigenvalue weighted by atomic mass is 10.0. The second kappa shape index (κ2) is 18.7. The Labute approximate surface area is 159 Å². The second-order valence-corrected chi connectivity index (χ2v) is 8.40. The predicted molar refractivity (Wildman–Crippen MR) is 114 cm³/mol. The number of nitrogens with zero attached hydrogens (tertiary/aromatic N) is 1. The van der Waals surface area contributed by atoms with Gasteiger partial charge in [0.2, 0.25) is 0 Å². The second-order valence-electron chi connectivity index (χ2n) is 8.40. The zero-order chi connectivity index (χ0) is 18.6. The van der Waals surface area contributed by atoms with Crippen molar-refractivity contribution in [3.05, 3.63) is 5.21 Å². The molecule has 0 heterocycles. The van der Waals surface area contributed by atoms with Crippen molar-refractivity contribution in [1.82, 2.24) is 0 Å². The maximum absolute atomic E-state index is 12.0. The van der Waals surface area contributed by atoms with Crippen LogP contribution in [0.3, 0.4) is 0 Å². The monoisotopic (exact) mass is 355 g/mol. The first-order valence-electron chi connectivity index (χ1n) is 11.7. The summed E-state index contributed by atoms with van der Waals surface area (Å²) in [6, 6.07) is 0. The molecule has 0 bridgehead atoms. The molecular formula is C23H49NO. The van der Waals surface area contributed by atoms with E-state index in [0.717, 1.165) is 25.9 Å². The van der Waals surface area contributed by atoms with Gasteiger partial charge in [0.05, 0.1) is 20.1 Å². The molecule has 0 aromatic rings. The summed E-state index contributed by atoms with van der Waals surface area (Å²) in [4.78, 5) is 0. The van der Waals surface area contributed by atoms with Crippen molar-refractivity contribution in [3.8, 4) is 0 Å². The molecule has 2 heteroatoms. The summed E-state index contributed by atoms with van der Waals surface area (Å²) in [6.45, 7) is 5.98. The summed E-state index contributed by atoms with van der Waals surface area (Å²) in [5.74, 6) is 0. The Balaban J connectivity index is 3.10. The first kappa shape index (κ1) is 24.9. The molecule has 0 spiro atoms. The molecule has 0 aliphatic heterocycles. The Morgan fingerprint density at radius 3 is 1.08 bits per heavy atom. The standard InChI is InChI=1S/C23H49NO/c1-4-6-7-8-9-10-11-12-13-14-15-16-17-18-19-20-21-23-24(3,25)22-5-2/h4-23H2,1-3H3. The fourth-order valence-electron chi connectivity index (χ4n) is 3.76. The number of hydrogen-bond donors (Lipinski definition) is 0. The van der Waals surface area contributed by atoms with Gasteiger partial charge in [0, 0.05) is 0 Å². The fraction of sp³-hybridized carbons (Fsp3) is 1.00. The molecular weight excluding hydrogens is 306 g/mol. The number of hydroxylamine groups is 3. The van der Waals surface area contributed by atoms with Crippen molar-refractivity contribution in [1.29, 1.82) is 0 Å². The summed E-state index contributed by atoms with van der Waals surface area (Å²) >= 11 is 0. The highest BCUT2D eigenvalue weighted by atomic mass is 16.5. The molecule has 1 atom stereocenters. The number of unbranched alkanes of at least 4 members (excludes halogenated alkanes) is 16. The Bertz CT molecular complexity index is 252. The maximum atomic E-state index is 12.0. The molecule has 0 radical (unpaired) electrons. The van der Waals surface area contributed by atoms with Gasteiger partial charge in [0.1, 0.15) is 0 Å². The molecule has 0 rings (SSSR count). The van der Waals surface area contributed by atoms with Crippen LogP contribution in [0.15, 0.2) is 0 Å². The van der Waals surface area contributed by atoms with E-state index < -0.39 is 0 Å². The number of hydrogen-bond acceptors (Lipinski definition) is 1. The molecule has 0 fully saturated rings. The number of quaternary nitrogens is 1. The molecule has 0 aromatic carbocycles. The van der Waals surface area contributed by atoms with Gasteiger partial charge in [-0.15, -0.1) is 0 Å². The van der Waals surface area contributed by atoms with Gasteiger partial charge < -0.3 is 9.85 Å². The van der Waals surface area contributed by atoms with Crippen molar-refractivity contribution in [2.45, 2.75) is 129 Å². The zero-order valence-corrected chi connectivity index (χ0v) is 18.0. The van der Waals surface area contributed by atoms with Crippen LogP contribution in [-0.2, 0) is 0 Å². The van der Waals surface area contributed by atoms with Gasteiger partial charge in [0.15, 0.2) is 0 Å². The zero-order valence-electron chi connectivity index (χ0n) is 18.0. The van der Waals surface area contributed by atoms with Crippen LogP contribution in [0.5, 0.6) is 0 Å². The van der Waals surface area contributed by atoms with Crippen LogP contribution in [0, 0.1) is 5.21 Å². The molecule has 25 heavy (non-hydrogen) atoms. The minimum atomic E-state index is -0.0325. The van der Waals surface area contributed by atoms with Gasteiger partial charge in [0.25, 0.3) is 0 Å². The lowest BCUT2D eigenvalue weighted by Crippen LogP contribution is -2.38. The predicted octanol–water partition coefficient (Wildman–Crippen LogP) is 7.99. The van der Waals surface area contributed by atoms with E-state index in [4.69, 9.17) is 0 Å². The van der Waals surface area contributed by atoms with E-state index in [0.29, 0.717) is 0 Å². The van der Waals surface area contributed by atoms with E-state index in [1.54, 1.807) is 0 Å². The molecule has 1 unspecified atom stereocenters. The third-order valence-electron chi connectivity index (χ3n) is 5.43. The average molecular weight is 356 g/mol. The molecule has 152 valence electrons. The Kier molecular flexibility index (Phi) is 18.6. The van der Waals surface area contributed by atoms with Crippen LogP contribution in [0.25, 0.3) is 0 Å². The lowest BCUT2D eigenvalue weighted by molar-refractivity contribution is -0.861. The highest BCUT2D eigenvalue weighted by Crippen LogP contribution is 2.14. The van der Waals surface area contributed by atoms with E-state index in [9.17, 15) is 5.21 Å². The molecule has 0 aliphatic rings. The first-order chi connectivity index (χ1) is 12.1. The van der Waals surface area contributed by atoms with Crippen LogP contribution in [0.1, 0.15) is 129 Å². The van der Waals surface area contributed by atoms with Crippen molar-refractivity contribution >= 4 is 0 Å². The Hall–Kier alpha value is -0.0800. The fourth-order valence-corrected chi connectivity index (χ4v) is 3.76. The average Bonchev–Trinajstić information content (AvgIpc) is 2.57. The van der Waals surface area contributed by atoms with E-state index in [1.165, 1.54) is 103 Å². The van der Waals surface area contributed by atoms with Crippen LogP contribution in [0.2, 0.25) is 0 Å². The molecule has 0 aromatic heterocycles. The summed E-state index contributed by atoms with van der Waals surface area (Å²) in [5.41, 5.74) is 0. The molecule has 0 amide bonds. The van der Waals surface area contributed by atoms with Crippen molar-refractivity contribution in [3.63, 3.8) is 0 Å². The summed E-state index contributed by atoms with van der Waals surface area (Å²) in [7, 11) is 1.83. The van der Waals surface area contributed by atoms with Crippen molar-refractivity contribution in [2.24, 2.45) is 0 Å². The quantitative estimate of drug-likeness (QED) is 0.123. The van der Waals surface area contributed by atoms with E-state index in [-0.39, 0.29) is 4.65 Å². The van der Waals surface area contributed by atoms with Crippen molar-refractivity contribution < 1.29 is 4.65 Å². The SMILES string of the molecule is CCCCCCCCCCCCCCCCCCC[N+](C)([O-])CCC. The highest BCUT2D eigenvalue weighted by Gasteiger charge is 2.07. The van der Waals surface area contributed by atoms with Gasteiger partial charge in [-0.25, -0.2) is 0 Å². The third-order valence-corrected chi connectivity index (χ3v) is 5.43. The molecule has 2 nitrogen and oxygen atoms in total. The minimum absolute atomic E-state index is 0.0325. The van der Waals surface area contributed by atoms with Crippen molar-refractivity contribution in [2.75, 3.05) is 20.1 Å². The lowest BCUT2D eigenvalue weighted by Gasteiger charge is -2.38. The summed E-state index contributed by atoms with van der Waals surface area (Å²) in [6.07, 6.45) is 24.7. The van der Waals surface area contributed by atoms with Gasteiger partial charge in [-0.2, -0.15) is 0 Å². The largest absolute Gasteiger partial charge is 0.633 e. The van der Waals surface area contributed by atoms with E-state index in [1.807, 2.05) is 7.05 Å². The number of rotatable bonds is 20. The maximum Gasteiger partial charge on any atom is 0.0781 e. The molecule has 0 N–H and O–H groups in total. The Morgan fingerprint density at radius 2 is 0.760 bits per heavy atom. The summed E-state index contributed by atoms with van der Waals surface area (Å²) < 4.78 is -0.0325. The van der Waals surface area contributed by atoms with Gasteiger partial charge in [-0.3, -0.25) is 0 Å². The minimum Gasteiger partial charge on any atom is -0.633 e. The van der Waals surface area contributed by atoms with E-state index >= 15 is 0 Å². The molecule has 0 saturated heterocycles. The van der Waals surface area contributed by atoms with E-state index in [2.05, 4.69) is 13.8 Å². The van der Waals surface area contributed by atoms with Crippen LogP contribution >= 0.6 is 0 Å². The summed E-state index contributed by atoms with van der Waals surface area (Å²) in [5, 5.41) is 12.0. The first-order valence-corrected chi connectivity index (χ1v) is 11.7. The Morgan fingerprint density at radius 1 is 0.440 bits per heavy atom.